The molecular weight excluding hydrogens is 514 g/mol. The van der Waals surface area contributed by atoms with Gasteiger partial charge in [0.25, 0.3) is 15.9 Å². The molecule has 11 heteroatoms. The molecule has 33 heavy (non-hydrogen) atoms. The second-order valence-electron chi connectivity index (χ2n) is 7.42. The number of carbonyl (C=O) groups excluding carboxylic acids is 2. The molecule has 0 bridgehead atoms. The lowest BCUT2D eigenvalue weighted by molar-refractivity contribution is 0.0945. The Hall–Kier alpha value is -2.79. The summed E-state index contributed by atoms with van der Waals surface area (Å²) in [7, 11) is -1.25. The van der Waals surface area contributed by atoms with Gasteiger partial charge in [0, 0.05) is 29.5 Å². The highest BCUT2D eigenvalue weighted by atomic mass is 79.9. The Kier molecular flexibility index (Phi) is 7.85. The van der Waals surface area contributed by atoms with Gasteiger partial charge in [-0.1, -0.05) is 22.9 Å². The van der Waals surface area contributed by atoms with Crippen LogP contribution in [0, 0.1) is 0 Å². The summed E-state index contributed by atoms with van der Waals surface area (Å²) < 4.78 is 39.5. The van der Waals surface area contributed by atoms with Crippen LogP contribution in [0.1, 0.15) is 40.7 Å². The lowest BCUT2D eigenvalue weighted by Crippen LogP contribution is -2.38. The van der Waals surface area contributed by atoms with Gasteiger partial charge in [-0.05, 0) is 48.7 Å². The molecule has 0 saturated carbocycles. The van der Waals surface area contributed by atoms with Crippen molar-refractivity contribution >= 4 is 37.9 Å². The molecule has 9 nitrogen and oxygen atoms in total. The molecule has 1 heterocycles. The van der Waals surface area contributed by atoms with E-state index >= 15 is 0 Å². The number of benzene rings is 2. The van der Waals surface area contributed by atoms with E-state index in [0.717, 1.165) is 4.47 Å². The van der Waals surface area contributed by atoms with Crippen molar-refractivity contribution < 1.29 is 27.5 Å². The van der Waals surface area contributed by atoms with Gasteiger partial charge in [0.05, 0.1) is 24.2 Å². The molecule has 0 spiro atoms. The number of amides is 3. The number of urea groups is 1. The molecule has 0 radical (unpaired) electrons. The summed E-state index contributed by atoms with van der Waals surface area (Å²) in [5.41, 5.74) is 1.59. The number of hydrogen-bond acceptors (Lipinski definition) is 6. The van der Waals surface area contributed by atoms with Gasteiger partial charge in [-0.3, -0.25) is 4.79 Å². The molecule has 1 unspecified atom stereocenters. The largest absolute Gasteiger partial charge is 0.496 e. The molecule has 1 aliphatic rings. The van der Waals surface area contributed by atoms with E-state index in [4.69, 9.17) is 9.47 Å². The minimum absolute atomic E-state index is 0.0165. The number of fused-ring (bicyclic) bond motifs is 1. The van der Waals surface area contributed by atoms with E-state index in [1.807, 2.05) is 11.6 Å². The minimum atomic E-state index is -4.09. The average Bonchev–Trinajstić information content (AvgIpc) is 2.81. The summed E-state index contributed by atoms with van der Waals surface area (Å²) in [6.45, 7) is 2.55. The maximum atomic E-state index is 12.8. The topological polar surface area (TPSA) is 123 Å². The number of ether oxygens (including phenoxy) is 2. The van der Waals surface area contributed by atoms with Gasteiger partial charge < -0.3 is 20.1 Å². The fourth-order valence-corrected chi connectivity index (χ4v) is 5.31. The third-order valence-electron chi connectivity index (χ3n) is 5.40. The molecule has 0 saturated heterocycles. The lowest BCUT2D eigenvalue weighted by Gasteiger charge is -2.28. The number of aryl methyl sites for hydroxylation is 1. The summed E-state index contributed by atoms with van der Waals surface area (Å²) >= 11 is 3.36. The molecule has 0 aromatic heterocycles. The first-order valence-electron chi connectivity index (χ1n) is 10.4. The van der Waals surface area contributed by atoms with Crippen LogP contribution in [0.25, 0.3) is 0 Å². The number of nitrogens with one attached hydrogen (secondary N) is 3. The van der Waals surface area contributed by atoms with Crippen molar-refractivity contribution in [3.63, 3.8) is 0 Å². The minimum Gasteiger partial charge on any atom is -0.496 e. The Morgan fingerprint density at radius 2 is 2.00 bits per heavy atom. The van der Waals surface area contributed by atoms with Crippen LogP contribution in [0.2, 0.25) is 0 Å². The van der Waals surface area contributed by atoms with E-state index in [9.17, 15) is 18.0 Å². The Labute approximate surface area is 201 Å². The van der Waals surface area contributed by atoms with E-state index in [1.165, 1.54) is 20.2 Å². The van der Waals surface area contributed by atoms with Gasteiger partial charge in [0.1, 0.15) is 11.5 Å². The first-order valence-corrected chi connectivity index (χ1v) is 12.6. The fourth-order valence-electron chi connectivity index (χ4n) is 3.66. The maximum Gasteiger partial charge on any atom is 0.328 e. The van der Waals surface area contributed by atoms with Crippen molar-refractivity contribution in [2.45, 2.75) is 30.6 Å². The Morgan fingerprint density at radius 1 is 1.24 bits per heavy atom. The van der Waals surface area contributed by atoms with Crippen molar-refractivity contribution in [2.24, 2.45) is 0 Å². The highest BCUT2D eigenvalue weighted by Gasteiger charge is 2.28. The molecule has 1 atom stereocenters. The van der Waals surface area contributed by atoms with Crippen LogP contribution >= 0.6 is 15.9 Å². The molecular formula is C22H26BrN3O6S. The zero-order chi connectivity index (χ0) is 24.2. The molecule has 0 aliphatic carbocycles. The predicted molar refractivity (Wildman–Crippen MR) is 126 cm³/mol. The first kappa shape index (κ1) is 24.8. The summed E-state index contributed by atoms with van der Waals surface area (Å²) in [4.78, 5) is 24.5. The Morgan fingerprint density at radius 3 is 2.67 bits per heavy atom. The van der Waals surface area contributed by atoms with Crippen LogP contribution in [-0.2, 0) is 16.4 Å². The van der Waals surface area contributed by atoms with Crippen molar-refractivity contribution in [3.8, 4) is 11.5 Å². The van der Waals surface area contributed by atoms with Gasteiger partial charge >= 0.3 is 6.03 Å². The highest BCUT2D eigenvalue weighted by molar-refractivity contribution is 9.10. The second-order valence-corrected chi connectivity index (χ2v) is 9.99. The highest BCUT2D eigenvalue weighted by Crippen LogP contribution is 2.37. The summed E-state index contributed by atoms with van der Waals surface area (Å²) in [5, 5.41) is 5.16. The Bertz CT molecular complexity index is 1170. The molecule has 3 rings (SSSR count). The average molecular weight is 540 g/mol. The molecule has 0 fully saturated rings. The van der Waals surface area contributed by atoms with Crippen LogP contribution in [0.15, 0.2) is 39.7 Å². The van der Waals surface area contributed by atoms with Gasteiger partial charge in [-0.15, -0.1) is 0 Å². The number of hydrogen-bond donors (Lipinski definition) is 3. The zero-order valence-electron chi connectivity index (χ0n) is 18.5. The van der Waals surface area contributed by atoms with Crippen molar-refractivity contribution in [2.75, 3.05) is 27.3 Å². The molecule has 178 valence electrons. The predicted octanol–water partition coefficient (Wildman–Crippen LogP) is 2.93. The van der Waals surface area contributed by atoms with Crippen molar-refractivity contribution in [1.29, 1.82) is 0 Å². The normalized spacial score (nSPS) is 15.1. The maximum absolute atomic E-state index is 12.8. The van der Waals surface area contributed by atoms with E-state index in [2.05, 4.69) is 26.6 Å². The molecule has 3 N–H and O–H groups in total. The zero-order valence-corrected chi connectivity index (χ0v) is 20.9. The van der Waals surface area contributed by atoms with E-state index in [0.29, 0.717) is 47.6 Å². The van der Waals surface area contributed by atoms with Crippen LogP contribution in [0.3, 0.4) is 0 Å². The van der Waals surface area contributed by atoms with Crippen LogP contribution in [0.4, 0.5) is 4.79 Å². The SMILES string of the molecule is CCc1cc2c(cc1S(=O)(=O)NC(=O)NC)C(CNC(=O)c1cc(Br)ccc1OC)CCO2. The summed E-state index contributed by atoms with van der Waals surface area (Å²) in [5.74, 6) is 0.553. The third-order valence-corrected chi connectivity index (χ3v) is 7.30. The third kappa shape index (κ3) is 5.59. The fraction of sp³-hybridized carbons (Fsp3) is 0.364. The second kappa shape index (κ2) is 10.4. The number of halogens is 1. The van der Waals surface area contributed by atoms with Crippen LogP contribution in [-0.4, -0.2) is 47.7 Å². The Balaban J connectivity index is 1.89. The lowest BCUT2D eigenvalue weighted by atomic mass is 9.91. The number of carbonyl (C=O) groups is 2. The number of sulfonamides is 1. The van der Waals surface area contributed by atoms with E-state index < -0.39 is 16.1 Å². The van der Waals surface area contributed by atoms with Crippen molar-refractivity contribution in [1.82, 2.24) is 15.4 Å². The van der Waals surface area contributed by atoms with Gasteiger partial charge in [0.15, 0.2) is 0 Å². The quantitative estimate of drug-likeness (QED) is 0.497. The summed E-state index contributed by atoms with van der Waals surface area (Å²) in [6.07, 6.45) is 1.03. The number of rotatable bonds is 7. The van der Waals surface area contributed by atoms with Gasteiger partial charge in [-0.25, -0.2) is 17.9 Å². The van der Waals surface area contributed by atoms with Gasteiger partial charge in [-0.2, -0.15) is 0 Å². The van der Waals surface area contributed by atoms with E-state index in [1.54, 1.807) is 24.3 Å². The van der Waals surface area contributed by atoms with Crippen LogP contribution in [0.5, 0.6) is 11.5 Å². The van der Waals surface area contributed by atoms with Crippen LogP contribution < -0.4 is 24.8 Å². The molecule has 3 amide bonds. The van der Waals surface area contributed by atoms with E-state index in [-0.39, 0.29) is 23.3 Å². The monoisotopic (exact) mass is 539 g/mol. The molecule has 2 aromatic carbocycles. The summed E-state index contributed by atoms with van der Waals surface area (Å²) in [6, 6.07) is 7.57. The van der Waals surface area contributed by atoms with Crippen molar-refractivity contribution in [3.05, 3.63) is 51.5 Å². The standard InChI is InChI=1S/C22H26BrN3O6S/c1-4-13-9-19-16(11-20(13)33(29,30)26-22(28)24-2)14(7-8-32-19)12-25-21(27)17-10-15(23)5-6-18(17)31-3/h5-6,9-11,14H,4,7-8,12H2,1-3H3,(H,25,27)(H2,24,26,28). The first-order chi connectivity index (χ1) is 15.7. The molecule has 2 aromatic rings. The molecule has 1 aliphatic heterocycles. The van der Waals surface area contributed by atoms with Gasteiger partial charge in [0.2, 0.25) is 0 Å². The number of methoxy groups -OCH3 is 1. The smallest absolute Gasteiger partial charge is 0.328 e.